The number of fused-ring (bicyclic) bond motifs is 3. The Hall–Kier alpha value is -2.41. The molecule has 0 bridgehead atoms. The molecule has 0 unspecified atom stereocenters. The summed E-state index contributed by atoms with van der Waals surface area (Å²) < 4.78 is 1.97. The van der Waals surface area contributed by atoms with Crippen LogP contribution in [0.5, 0.6) is 0 Å². The molecule has 1 aliphatic carbocycles. The van der Waals surface area contributed by atoms with Crippen LogP contribution in [0.3, 0.4) is 0 Å². The van der Waals surface area contributed by atoms with Crippen LogP contribution < -0.4 is 5.32 Å². The minimum Gasteiger partial charge on any atom is -0.351 e. The van der Waals surface area contributed by atoms with Gasteiger partial charge in [0.25, 0.3) is 5.91 Å². The molecule has 1 saturated carbocycles. The summed E-state index contributed by atoms with van der Waals surface area (Å²) >= 11 is 0. The largest absolute Gasteiger partial charge is 0.351 e. The lowest BCUT2D eigenvalue weighted by molar-refractivity contribution is -0.134. The molecule has 0 spiro atoms. The second-order valence-electron chi connectivity index (χ2n) is 11.7. The molecule has 1 N–H and O–H groups in total. The number of hydrogen-bond acceptors (Lipinski definition) is 4. The lowest BCUT2D eigenvalue weighted by Crippen LogP contribution is -2.66. The van der Waals surface area contributed by atoms with Crippen molar-refractivity contribution in [2.75, 3.05) is 26.2 Å². The van der Waals surface area contributed by atoms with Crippen LogP contribution in [-0.2, 0) is 11.3 Å². The number of benzene rings is 1. The van der Waals surface area contributed by atoms with Gasteiger partial charge in [0.15, 0.2) is 5.82 Å². The summed E-state index contributed by atoms with van der Waals surface area (Å²) in [4.78, 5) is 37.0. The first-order valence-electron chi connectivity index (χ1n) is 14.2. The van der Waals surface area contributed by atoms with Gasteiger partial charge in [0.2, 0.25) is 5.91 Å². The number of hydrogen-bond donors (Lipinski definition) is 1. The van der Waals surface area contributed by atoms with Crippen LogP contribution in [0.2, 0.25) is 0 Å². The second-order valence-corrected chi connectivity index (χ2v) is 11.7. The first kappa shape index (κ1) is 25.2. The summed E-state index contributed by atoms with van der Waals surface area (Å²) in [5.74, 6) is 1.33. The average Bonchev–Trinajstić information content (AvgIpc) is 3.04. The predicted octanol–water partition coefficient (Wildman–Crippen LogP) is 4.46. The van der Waals surface area contributed by atoms with E-state index in [0.29, 0.717) is 30.7 Å². The second kappa shape index (κ2) is 10.5. The van der Waals surface area contributed by atoms with Crippen LogP contribution in [0, 0.1) is 11.8 Å². The molecule has 2 aromatic rings. The lowest BCUT2D eigenvalue weighted by Gasteiger charge is -2.45. The first-order valence-corrected chi connectivity index (χ1v) is 14.2. The van der Waals surface area contributed by atoms with E-state index in [1.807, 2.05) is 40.7 Å². The summed E-state index contributed by atoms with van der Waals surface area (Å²) in [5.41, 5.74) is 0.778. The fourth-order valence-electron chi connectivity index (χ4n) is 6.60. The Kier molecular flexibility index (Phi) is 7.38. The van der Waals surface area contributed by atoms with Crippen molar-refractivity contribution < 1.29 is 9.59 Å². The van der Waals surface area contributed by atoms with Crippen molar-refractivity contribution in [3.8, 4) is 0 Å². The minimum atomic E-state index is -0.952. The van der Waals surface area contributed by atoms with Crippen molar-refractivity contribution in [3.05, 3.63) is 30.1 Å². The number of nitrogens with zero attached hydrogens (tertiary/aromatic N) is 4. The highest BCUT2D eigenvalue weighted by Crippen LogP contribution is 2.33. The molecule has 3 heterocycles. The SMILES string of the molecule is C[C@H]1[C@H](C)CCC[C@@H]1NC(=O)[C@@]1(C)Cn2c(nc3ccccc32)C(=O)N1CCCN1CCCCCC1. The number of carbonyl (C=O) groups is 2. The zero-order valence-electron chi connectivity index (χ0n) is 22.3. The smallest absolute Gasteiger partial charge is 0.290 e. The van der Waals surface area contributed by atoms with Gasteiger partial charge in [0.1, 0.15) is 5.54 Å². The third-order valence-corrected chi connectivity index (χ3v) is 9.22. The highest BCUT2D eigenvalue weighted by molar-refractivity contribution is 6.01. The summed E-state index contributed by atoms with van der Waals surface area (Å²) in [6.07, 6.45) is 9.37. The highest BCUT2D eigenvalue weighted by atomic mass is 16.2. The number of amides is 2. The maximum Gasteiger partial charge on any atom is 0.290 e. The van der Waals surface area contributed by atoms with Gasteiger partial charge in [-0.1, -0.05) is 51.7 Å². The molecule has 7 nitrogen and oxygen atoms in total. The first-order chi connectivity index (χ1) is 17.4. The zero-order chi connectivity index (χ0) is 25.3. The van der Waals surface area contributed by atoms with Crippen LogP contribution in [0.4, 0.5) is 0 Å². The molecule has 2 amide bonds. The molecule has 2 aliphatic heterocycles. The third-order valence-electron chi connectivity index (χ3n) is 9.22. The standard InChI is InChI=1S/C29H43N5O2/c1-21-12-10-14-23(22(21)2)31-28(36)29(3)20-33-25-15-7-6-13-24(25)30-26(33)27(35)34(29)19-11-18-32-16-8-4-5-9-17-32/h6-7,13,15,21-23H,4-5,8-12,14,16-20H2,1-3H3,(H,31,36)/t21-,22+,23+,29-/m1/s1. The van der Waals surface area contributed by atoms with Gasteiger partial charge in [0, 0.05) is 12.6 Å². The molecule has 1 saturated heterocycles. The predicted molar refractivity (Wildman–Crippen MR) is 143 cm³/mol. The van der Waals surface area contributed by atoms with Gasteiger partial charge in [-0.2, -0.15) is 0 Å². The molecule has 36 heavy (non-hydrogen) atoms. The van der Waals surface area contributed by atoms with Gasteiger partial charge in [-0.05, 0) is 76.2 Å². The van der Waals surface area contributed by atoms with Crippen LogP contribution in [-0.4, -0.2) is 68.9 Å². The number of rotatable bonds is 6. The number of aromatic nitrogens is 2. The van der Waals surface area contributed by atoms with E-state index in [-0.39, 0.29) is 17.9 Å². The number of carbonyl (C=O) groups excluding carboxylic acids is 2. The Labute approximate surface area is 215 Å². The fourth-order valence-corrected chi connectivity index (χ4v) is 6.60. The Morgan fingerprint density at radius 3 is 2.58 bits per heavy atom. The van der Waals surface area contributed by atoms with E-state index in [0.717, 1.165) is 49.9 Å². The van der Waals surface area contributed by atoms with Crippen molar-refractivity contribution >= 4 is 22.8 Å². The topological polar surface area (TPSA) is 70.5 Å². The van der Waals surface area contributed by atoms with E-state index in [1.165, 1.54) is 32.1 Å². The molecule has 1 aromatic heterocycles. The normalized spacial score (nSPS) is 29.7. The van der Waals surface area contributed by atoms with Crippen molar-refractivity contribution in [1.29, 1.82) is 0 Å². The molecule has 0 radical (unpaired) electrons. The van der Waals surface area contributed by atoms with Crippen LogP contribution in [0.1, 0.15) is 82.8 Å². The zero-order valence-corrected chi connectivity index (χ0v) is 22.3. The van der Waals surface area contributed by atoms with Crippen molar-refractivity contribution in [1.82, 2.24) is 24.7 Å². The maximum atomic E-state index is 14.0. The Morgan fingerprint density at radius 2 is 1.81 bits per heavy atom. The molecule has 196 valence electrons. The monoisotopic (exact) mass is 493 g/mol. The van der Waals surface area contributed by atoms with Crippen molar-refractivity contribution in [2.24, 2.45) is 11.8 Å². The highest BCUT2D eigenvalue weighted by Gasteiger charge is 2.49. The lowest BCUT2D eigenvalue weighted by atomic mass is 9.77. The number of para-hydroxylation sites is 2. The van der Waals surface area contributed by atoms with Crippen LogP contribution in [0.25, 0.3) is 11.0 Å². The van der Waals surface area contributed by atoms with Gasteiger partial charge < -0.3 is 19.7 Å². The number of imidazole rings is 1. The Morgan fingerprint density at radius 1 is 1.06 bits per heavy atom. The maximum absolute atomic E-state index is 14.0. The minimum absolute atomic E-state index is 0.0278. The quantitative estimate of drug-likeness (QED) is 0.645. The Bertz CT molecular complexity index is 1090. The molecule has 3 aliphatic rings. The van der Waals surface area contributed by atoms with Gasteiger partial charge in [-0.3, -0.25) is 9.59 Å². The van der Waals surface area contributed by atoms with Gasteiger partial charge >= 0.3 is 0 Å². The summed E-state index contributed by atoms with van der Waals surface area (Å²) in [5, 5.41) is 3.40. The van der Waals surface area contributed by atoms with E-state index in [9.17, 15) is 9.59 Å². The molecule has 1 aromatic carbocycles. The van der Waals surface area contributed by atoms with Crippen molar-refractivity contribution in [2.45, 2.75) is 90.3 Å². The van der Waals surface area contributed by atoms with E-state index in [4.69, 9.17) is 0 Å². The Balaban J connectivity index is 1.40. The average molecular weight is 494 g/mol. The summed E-state index contributed by atoms with van der Waals surface area (Å²) in [7, 11) is 0. The molecule has 4 atom stereocenters. The molecule has 7 heteroatoms. The van der Waals surface area contributed by atoms with E-state index < -0.39 is 5.54 Å². The van der Waals surface area contributed by atoms with E-state index >= 15 is 0 Å². The number of nitrogens with one attached hydrogen (secondary N) is 1. The summed E-state index contributed by atoms with van der Waals surface area (Å²) in [6.45, 7) is 10.7. The molecular weight excluding hydrogens is 450 g/mol. The fraction of sp³-hybridized carbons (Fsp3) is 0.690. The molecular formula is C29H43N5O2. The van der Waals surface area contributed by atoms with E-state index in [2.05, 4.69) is 29.0 Å². The van der Waals surface area contributed by atoms with Crippen molar-refractivity contribution in [3.63, 3.8) is 0 Å². The summed E-state index contributed by atoms with van der Waals surface area (Å²) in [6, 6.07) is 8.02. The van der Waals surface area contributed by atoms with E-state index in [1.54, 1.807) is 0 Å². The van der Waals surface area contributed by atoms with Crippen LogP contribution in [0.15, 0.2) is 24.3 Å². The number of likely N-dealkylation sites (tertiary alicyclic amines) is 1. The third kappa shape index (κ3) is 4.79. The molecule has 5 rings (SSSR count). The molecule has 2 fully saturated rings. The van der Waals surface area contributed by atoms with Gasteiger partial charge in [-0.25, -0.2) is 4.98 Å². The van der Waals surface area contributed by atoms with Crippen LogP contribution >= 0.6 is 0 Å². The van der Waals surface area contributed by atoms with Gasteiger partial charge in [0.05, 0.1) is 17.6 Å². The van der Waals surface area contributed by atoms with Gasteiger partial charge in [-0.15, -0.1) is 0 Å².